The van der Waals surface area contributed by atoms with Crippen LogP contribution in [0.2, 0.25) is 0 Å². The first kappa shape index (κ1) is 6.39. The number of ether oxygens (including phenoxy) is 1. The van der Waals surface area contributed by atoms with Crippen molar-refractivity contribution in [3.8, 4) is 0 Å². The lowest BCUT2D eigenvalue weighted by Crippen LogP contribution is -2.07. The van der Waals surface area contributed by atoms with Gasteiger partial charge in [-0.15, -0.1) is 11.8 Å². The van der Waals surface area contributed by atoms with Gasteiger partial charge in [0.25, 0.3) is 0 Å². The van der Waals surface area contributed by atoms with Gasteiger partial charge in [-0.25, -0.2) is 0 Å². The van der Waals surface area contributed by atoms with E-state index < -0.39 is 0 Å². The smallest absolute Gasteiger partial charge is 0.100 e. The summed E-state index contributed by atoms with van der Waals surface area (Å²) in [5, 5.41) is 8.91. The summed E-state index contributed by atoms with van der Waals surface area (Å²) in [7, 11) is 0. The average molecular weight is 134 g/mol. The largest absolute Gasteiger partial charge is 0.395 e. The van der Waals surface area contributed by atoms with Crippen LogP contribution in [0.3, 0.4) is 0 Å². The summed E-state index contributed by atoms with van der Waals surface area (Å²) in [6.07, 6.45) is 0. The van der Waals surface area contributed by atoms with Gasteiger partial charge in [0.2, 0.25) is 0 Å². The summed E-state index contributed by atoms with van der Waals surface area (Å²) in [6.45, 7) is 2.96. The highest BCUT2D eigenvalue weighted by Gasteiger charge is 2.20. The zero-order valence-electron chi connectivity index (χ0n) is 4.83. The van der Waals surface area contributed by atoms with E-state index in [1.54, 1.807) is 11.8 Å². The van der Waals surface area contributed by atoms with Gasteiger partial charge in [0.1, 0.15) is 5.44 Å². The molecule has 0 spiro atoms. The summed E-state index contributed by atoms with van der Waals surface area (Å²) >= 11 is 1.69. The van der Waals surface area contributed by atoms with E-state index in [0.29, 0.717) is 11.9 Å². The molecule has 1 saturated heterocycles. The molecule has 8 heavy (non-hydrogen) atoms. The molecule has 1 fully saturated rings. The summed E-state index contributed by atoms with van der Waals surface area (Å²) < 4.78 is 5.16. The van der Waals surface area contributed by atoms with Gasteiger partial charge in [-0.2, -0.15) is 0 Å². The van der Waals surface area contributed by atoms with E-state index in [9.17, 15) is 0 Å². The first-order valence-electron chi connectivity index (χ1n) is 2.71. The SMILES string of the molecule is CC1OCC(CO)S1. The maximum atomic E-state index is 8.58. The minimum Gasteiger partial charge on any atom is -0.395 e. The zero-order valence-corrected chi connectivity index (χ0v) is 5.65. The second kappa shape index (κ2) is 2.71. The van der Waals surface area contributed by atoms with Crippen molar-refractivity contribution >= 4 is 11.8 Å². The molecular weight excluding hydrogens is 124 g/mol. The number of aliphatic hydroxyl groups is 1. The van der Waals surface area contributed by atoms with E-state index in [2.05, 4.69) is 0 Å². The van der Waals surface area contributed by atoms with E-state index >= 15 is 0 Å². The highest BCUT2D eigenvalue weighted by Crippen LogP contribution is 2.25. The normalized spacial score (nSPS) is 38.2. The molecule has 0 aromatic rings. The number of hydrogen-bond acceptors (Lipinski definition) is 3. The monoisotopic (exact) mass is 134 g/mol. The van der Waals surface area contributed by atoms with E-state index in [4.69, 9.17) is 9.84 Å². The molecular formula is C5H10O2S. The number of hydrogen-bond donors (Lipinski definition) is 1. The van der Waals surface area contributed by atoms with Crippen LogP contribution in [0.5, 0.6) is 0 Å². The Balaban J connectivity index is 2.22. The van der Waals surface area contributed by atoms with Crippen molar-refractivity contribution in [2.75, 3.05) is 13.2 Å². The third kappa shape index (κ3) is 1.37. The van der Waals surface area contributed by atoms with Crippen molar-refractivity contribution in [2.24, 2.45) is 0 Å². The molecule has 0 aromatic heterocycles. The molecule has 0 bridgehead atoms. The molecule has 1 aliphatic heterocycles. The second-order valence-electron chi connectivity index (χ2n) is 1.84. The Labute approximate surface area is 53.2 Å². The molecule has 0 radical (unpaired) electrons. The Hall–Kier alpha value is 0.270. The maximum absolute atomic E-state index is 8.58. The third-order valence-corrected chi connectivity index (χ3v) is 2.29. The van der Waals surface area contributed by atoms with Gasteiger partial charge < -0.3 is 9.84 Å². The van der Waals surface area contributed by atoms with Gasteiger partial charge in [0.15, 0.2) is 0 Å². The van der Waals surface area contributed by atoms with E-state index in [1.165, 1.54) is 0 Å². The van der Waals surface area contributed by atoms with Crippen molar-refractivity contribution < 1.29 is 9.84 Å². The van der Waals surface area contributed by atoms with Crippen LogP contribution >= 0.6 is 11.8 Å². The first-order valence-corrected chi connectivity index (χ1v) is 3.65. The maximum Gasteiger partial charge on any atom is 0.100 e. The summed E-state index contributed by atoms with van der Waals surface area (Å²) in [5.41, 5.74) is 0.284. The minimum absolute atomic E-state index is 0.245. The van der Waals surface area contributed by atoms with Crippen molar-refractivity contribution in [1.29, 1.82) is 0 Å². The van der Waals surface area contributed by atoms with Crippen LogP contribution in [0, 0.1) is 0 Å². The fourth-order valence-corrected chi connectivity index (χ4v) is 1.63. The van der Waals surface area contributed by atoms with E-state index in [-0.39, 0.29) is 12.0 Å². The molecule has 2 atom stereocenters. The number of rotatable bonds is 1. The molecule has 1 heterocycles. The molecule has 1 N–H and O–H groups in total. The Morgan fingerprint density at radius 2 is 2.62 bits per heavy atom. The van der Waals surface area contributed by atoms with Crippen LogP contribution < -0.4 is 0 Å². The second-order valence-corrected chi connectivity index (χ2v) is 3.44. The summed E-state index contributed by atoms with van der Waals surface area (Å²) in [6, 6.07) is 0. The Kier molecular flexibility index (Phi) is 2.16. The van der Waals surface area contributed by atoms with Crippen LogP contribution in [-0.4, -0.2) is 29.0 Å². The van der Waals surface area contributed by atoms with E-state index in [1.807, 2.05) is 6.92 Å². The van der Waals surface area contributed by atoms with Gasteiger partial charge in [-0.1, -0.05) is 0 Å². The van der Waals surface area contributed by atoms with Gasteiger partial charge >= 0.3 is 0 Å². The number of aliphatic hydroxyl groups excluding tert-OH is 1. The predicted octanol–water partition coefficient (Wildman–Crippen LogP) is 0.457. The fraction of sp³-hybridized carbons (Fsp3) is 1.00. The molecule has 0 amide bonds. The van der Waals surface area contributed by atoms with E-state index in [0.717, 1.165) is 0 Å². The predicted molar refractivity (Wildman–Crippen MR) is 33.9 cm³/mol. The van der Waals surface area contributed by atoms with Crippen molar-refractivity contribution in [3.63, 3.8) is 0 Å². The van der Waals surface area contributed by atoms with Crippen molar-refractivity contribution in [2.45, 2.75) is 17.6 Å². The van der Waals surface area contributed by atoms with Gasteiger partial charge in [-0.05, 0) is 6.92 Å². The lowest BCUT2D eigenvalue weighted by Gasteiger charge is -1.98. The molecule has 0 aromatic carbocycles. The Morgan fingerprint density at radius 3 is 2.88 bits per heavy atom. The first-order chi connectivity index (χ1) is 3.83. The molecule has 3 heteroatoms. The molecule has 0 saturated carbocycles. The fourth-order valence-electron chi connectivity index (χ4n) is 0.688. The quantitative estimate of drug-likeness (QED) is 0.565. The number of thioether (sulfide) groups is 1. The third-order valence-electron chi connectivity index (χ3n) is 1.10. The molecule has 0 aliphatic carbocycles. The molecule has 1 aliphatic rings. The Bertz CT molecular complexity index is 76.8. The zero-order chi connectivity index (χ0) is 5.98. The van der Waals surface area contributed by atoms with Crippen LogP contribution in [0.15, 0.2) is 0 Å². The molecule has 48 valence electrons. The lowest BCUT2D eigenvalue weighted by atomic mass is 10.5. The van der Waals surface area contributed by atoms with Gasteiger partial charge in [-0.3, -0.25) is 0 Å². The minimum atomic E-state index is 0.245. The molecule has 1 rings (SSSR count). The molecule has 2 unspecified atom stereocenters. The lowest BCUT2D eigenvalue weighted by molar-refractivity contribution is 0.133. The molecule has 2 nitrogen and oxygen atoms in total. The summed E-state index contributed by atoms with van der Waals surface area (Å²) in [5.74, 6) is 0. The average Bonchev–Trinajstić information content (AvgIpc) is 2.14. The summed E-state index contributed by atoms with van der Waals surface area (Å²) in [4.78, 5) is 0. The standard InChI is InChI=1S/C5H10O2S/c1-4-7-3-5(2-6)8-4/h4-6H,2-3H2,1H3. The van der Waals surface area contributed by atoms with Gasteiger partial charge in [0, 0.05) is 0 Å². The van der Waals surface area contributed by atoms with Crippen molar-refractivity contribution in [1.82, 2.24) is 0 Å². The Morgan fingerprint density at radius 1 is 1.88 bits per heavy atom. The van der Waals surface area contributed by atoms with Crippen LogP contribution in [-0.2, 0) is 4.74 Å². The van der Waals surface area contributed by atoms with Gasteiger partial charge in [0.05, 0.1) is 18.5 Å². The van der Waals surface area contributed by atoms with Crippen LogP contribution in [0.4, 0.5) is 0 Å². The van der Waals surface area contributed by atoms with Crippen molar-refractivity contribution in [3.05, 3.63) is 0 Å². The highest BCUT2D eigenvalue weighted by molar-refractivity contribution is 8.00. The highest BCUT2D eigenvalue weighted by atomic mass is 32.2. The van der Waals surface area contributed by atoms with Crippen LogP contribution in [0.25, 0.3) is 0 Å². The topological polar surface area (TPSA) is 29.5 Å². The van der Waals surface area contributed by atoms with Crippen LogP contribution in [0.1, 0.15) is 6.92 Å².